The first-order valence-electron chi connectivity index (χ1n) is 7.89. The minimum atomic E-state index is -3.89. The number of carboxylic acids is 2. The van der Waals surface area contributed by atoms with Crippen LogP contribution in [-0.4, -0.2) is 48.5 Å². The first-order valence-corrected chi connectivity index (χ1v) is 10.5. The van der Waals surface area contributed by atoms with Crippen molar-refractivity contribution in [1.82, 2.24) is 0 Å². The average Bonchev–Trinajstić information content (AvgIpc) is 3.12. The molecule has 2 aliphatic rings. The van der Waals surface area contributed by atoms with E-state index < -0.39 is 51.5 Å². The lowest BCUT2D eigenvalue weighted by atomic mass is 9.96. The van der Waals surface area contributed by atoms with Crippen LogP contribution in [0.5, 0.6) is 0 Å². The zero-order chi connectivity index (χ0) is 20.1. The van der Waals surface area contributed by atoms with Gasteiger partial charge in [0.2, 0.25) is 0 Å². The molecule has 0 aliphatic heterocycles. The number of hydrogen-bond donors (Lipinski definition) is 2. The van der Waals surface area contributed by atoms with E-state index in [4.69, 9.17) is 32.1 Å². The third-order valence-corrected chi connectivity index (χ3v) is 6.34. The van der Waals surface area contributed by atoms with Crippen molar-refractivity contribution in [2.75, 3.05) is 6.26 Å². The highest BCUT2D eigenvalue weighted by molar-refractivity contribution is 7.86. The number of aliphatic carboxylic acids is 2. The molecular formula is C16H16Cl2O8S. The number of carboxylic acid groups (broad SMARTS) is 2. The molecule has 2 N–H and O–H groups in total. The fourth-order valence-corrected chi connectivity index (χ4v) is 4.98. The highest BCUT2D eigenvalue weighted by atomic mass is 35.5. The predicted molar refractivity (Wildman–Crippen MR) is 94.1 cm³/mol. The number of rotatable bonds is 7. The first-order chi connectivity index (χ1) is 12.5. The second-order valence-corrected chi connectivity index (χ2v) is 9.11. The molecule has 0 saturated heterocycles. The van der Waals surface area contributed by atoms with Crippen LogP contribution in [0.2, 0.25) is 10.0 Å². The molecular weight excluding hydrogens is 423 g/mol. The van der Waals surface area contributed by atoms with Crippen LogP contribution in [0.4, 0.5) is 0 Å². The van der Waals surface area contributed by atoms with Crippen LogP contribution in [0.15, 0.2) is 18.2 Å². The van der Waals surface area contributed by atoms with E-state index in [9.17, 15) is 28.2 Å². The van der Waals surface area contributed by atoms with E-state index in [0.717, 1.165) is 6.26 Å². The number of carbonyl (C=O) groups is 2. The Morgan fingerprint density at radius 3 is 2.41 bits per heavy atom. The summed E-state index contributed by atoms with van der Waals surface area (Å²) in [6, 6.07) is 4.69. The molecule has 148 valence electrons. The van der Waals surface area contributed by atoms with Crippen molar-refractivity contribution in [3.63, 3.8) is 0 Å². The summed E-state index contributed by atoms with van der Waals surface area (Å²) in [4.78, 5) is 23.4. The molecule has 2 fully saturated rings. The Morgan fingerprint density at radius 2 is 1.89 bits per heavy atom. The quantitative estimate of drug-likeness (QED) is 0.618. The topological polar surface area (TPSA) is 127 Å². The minimum absolute atomic E-state index is 0.105. The predicted octanol–water partition coefficient (Wildman–Crippen LogP) is 2.03. The van der Waals surface area contributed by atoms with Crippen LogP contribution < -0.4 is 0 Å². The summed E-state index contributed by atoms with van der Waals surface area (Å²) in [6.07, 6.45) is -0.397. The van der Waals surface area contributed by atoms with Gasteiger partial charge in [-0.05, 0) is 24.1 Å². The molecule has 8 nitrogen and oxygen atoms in total. The largest absolute Gasteiger partial charge is 0.481 e. The van der Waals surface area contributed by atoms with Gasteiger partial charge in [-0.15, -0.1) is 0 Å². The number of ether oxygens (including phenoxy) is 1. The Labute approximate surface area is 165 Å². The third-order valence-electron chi connectivity index (χ3n) is 5.01. The van der Waals surface area contributed by atoms with Gasteiger partial charge in [-0.1, -0.05) is 29.3 Å². The number of hydrogen-bond acceptors (Lipinski definition) is 6. The van der Waals surface area contributed by atoms with Crippen LogP contribution in [-0.2, 0) is 35.2 Å². The van der Waals surface area contributed by atoms with Crippen molar-refractivity contribution in [1.29, 1.82) is 0 Å². The average molecular weight is 439 g/mol. The molecule has 1 aromatic carbocycles. The molecule has 0 aromatic heterocycles. The highest BCUT2D eigenvalue weighted by Crippen LogP contribution is 2.67. The van der Waals surface area contributed by atoms with Gasteiger partial charge in [-0.2, -0.15) is 8.42 Å². The Balaban J connectivity index is 1.89. The smallest absolute Gasteiger partial charge is 0.309 e. The Kier molecular flexibility index (Phi) is 5.19. The second-order valence-electron chi connectivity index (χ2n) is 6.70. The summed E-state index contributed by atoms with van der Waals surface area (Å²) in [5, 5.41) is 19.7. The van der Waals surface area contributed by atoms with Gasteiger partial charge < -0.3 is 14.9 Å². The fourth-order valence-electron chi connectivity index (χ4n) is 4.02. The maximum atomic E-state index is 11.7. The first kappa shape index (κ1) is 20.3. The number of fused-ring (bicyclic) bond motifs is 1. The maximum absolute atomic E-state index is 11.7. The Morgan fingerprint density at radius 1 is 1.22 bits per heavy atom. The standard InChI is InChI=1S/C16H16Cl2O8S/c1-27(23,24)26-11-5-8(14(19)20)16(12(11)13(16)15(21)22)25-6-7-2-3-9(17)10(18)4-7/h2-4,8,11-13H,5-6H2,1H3,(H,19,20)(H,21,22). The van der Waals surface area contributed by atoms with Crippen LogP contribution in [0.25, 0.3) is 0 Å². The van der Waals surface area contributed by atoms with E-state index in [-0.39, 0.29) is 18.1 Å². The van der Waals surface area contributed by atoms with E-state index >= 15 is 0 Å². The zero-order valence-corrected chi connectivity index (χ0v) is 16.3. The molecule has 2 saturated carbocycles. The lowest BCUT2D eigenvalue weighted by Gasteiger charge is -2.22. The van der Waals surface area contributed by atoms with Gasteiger partial charge in [0.15, 0.2) is 0 Å². The Bertz CT molecular complexity index is 902. The summed E-state index contributed by atoms with van der Waals surface area (Å²) in [7, 11) is -3.89. The number of halogens is 2. The molecule has 0 bridgehead atoms. The van der Waals surface area contributed by atoms with E-state index in [1.165, 1.54) is 12.1 Å². The van der Waals surface area contributed by atoms with E-state index in [2.05, 4.69) is 0 Å². The maximum Gasteiger partial charge on any atom is 0.309 e. The van der Waals surface area contributed by atoms with Crippen LogP contribution in [0.3, 0.4) is 0 Å². The normalized spacial score (nSPS) is 32.1. The van der Waals surface area contributed by atoms with Crippen molar-refractivity contribution >= 4 is 45.3 Å². The monoisotopic (exact) mass is 438 g/mol. The summed E-state index contributed by atoms with van der Waals surface area (Å²) in [5.41, 5.74) is -0.968. The molecule has 1 aromatic rings. The summed E-state index contributed by atoms with van der Waals surface area (Å²) in [6.45, 7) is -0.105. The molecule has 2 aliphatic carbocycles. The molecule has 0 radical (unpaired) electrons. The third kappa shape index (κ3) is 3.66. The Hall–Kier alpha value is -1.39. The van der Waals surface area contributed by atoms with E-state index in [1.807, 2.05) is 0 Å². The van der Waals surface area contributed by atoms with Gasteiger partial charge in [0, 0.05) is 5.92 Å². The second kappa shape index (κ2) is 6.89. The molecule has 0 spiro atoms. The van der Waals surface area contributed by atoms with Crippen LogP contribution >= 0.6 is 23.2 Å². The number of benzene rings is 1. The van der Waals surface area contributed by atoms with Crippen molar-refractivity contribution in [2.45, 2.75) is 24.7 Å². The van der Waals surface area contributed by atoms with Gasteiger partial charge in [0.05, 0.1) is 40.8 Å². The highest BCUT2D eigenvalue weighted by Gasteiger charge is 2.81. The van der Waals surface area contributed by atoms with Gasteiger partial charge in [0.25, 0.3) is 10.1 Å². The van der Waals surface area contributed by atoms with E-state index in [0.29, 0.717) is 10.6 Å². The van der Waals surface area contributed by atoms with Crippen molar-refractivity contribution < 1.29 is 37.1 Å². The van der Waals surface area contributed by atoms with Crippen LogP contribution in [0, 0.1) is 17.8 Å². The van der Waals surface area contributed by atoms with Crippen LogP contribution in [0.1, 0.15) is 12.0 Å². The van der Waals surface area contributed by atoms with Crippen molar-refractivity contribution in [2.24, 2.45) is 17.8 Å². The van der Waals surface area contributed by atoms with Gasteiger partial charge in [-0.25, -0.2) is 0 Å². The van der Waals surface area contributed by atoms with Gasteiger partial charge in [-0.3, -0.25) is 13.8 Å². The van der Waals surface area contributed by atoms with Crippen molar-refractivity contribution in [3.05, 3.63) is 33.8 Å². The van der Waals surface area contributed by atoms with Crippen molar-refractivity contribution in [3.8, 4) is 0 Å². The van der Waals surface area contributed by atoms with Gasteiger partial charge in [0.1, 0.15) is 5.60 Å². The molecule has 5 atom stereocenters. The lowest BCUT2D eigenvalue weighted by Crippen LogP contribution is -2.35. The van der Waals surface area contributed by atoms with Gasteiger partial charge >= 0.3 is 11.9 Å². The minimum Gasteiger partial charge on any atom is -0.481 e. The molecule has 27 heavy (non-hydrogen) atoms. The summed E-state index contributed by atoms with van der Waals surface area (Å²) < 4.78 is 33.7. The summed E-state index contributed by atoms with van der Waals surface area (Å²) in [5.74, 6) is -5.80. The molecule has 5 unspecified atom stereocenters. The fraction of sp³-hybridized carbons (Fsp3) is 0.500. The molecule has 0 heterocycles. The summed E-state index contributed by atoms with van der Waals surface area (Å²) >= 11 is 11.8. The molecule has 3 rings (SSSR count). The SMILES string of the molecule is CS(=O)(=O)OC1CC(C(=O)O)C2(OCc3ccc(Cl)c(Cl)c3)C(C(=O)O)C12. The lowest BCUT2D eigenvalue weighted by molar-refractivity contribution is -0.153. The van der Waals surface area contributed by atoms with E-state index in [1.54, 1.807) is 6.07 Å². The molecule has 0 amide bonds. The molecule has 11 heteroatoms. The zero-order valence-electron chi connectivity index (χ0n) is 14.0.